The molecule has 0 spiro atoms. The molecule has 1 heterocycles. The second-order valence-electron chi connectivity index (χ2n) is 7.00. The number of hydrazine groups is 1. The van der Waals surface area contributed by atoms with Gasteiger partial charge < -0.3 is 10.1 Å². The maximum atomic E-state index is 13.0. The van der Waals surface area contributed by atoms with Crippen molar-refractivity contribution >= 4 is 46.8 Å². The van der Waals surface area contributed by atoms with E-state index >= 15 is 0 Å². The first-order valence-corrected chi connectivity index (χ1v) is 10.2. The van der Waals surface area contributed by atoms with Crippen LogP contribution in [0.4, 0.5) is 15.8 Å². The molecule has 1 saturated heterocycles. The Morgan fingerprint density at radius 3 is 2.52 bits per heavy atom. The summed E-state index contributed by atoms with van der Waals surface area (Å²) in [5, 5.41) is 4.09. The van der Waals surface area contributed by atoms with Crippen molar-refractivity contribution in [3.05, 3.63) is 94.8 Å². The highest BCUT2D eigenvalue weighted by Gasteiger charge is 2.34. The topological polar surface area (TPSA) is 87.7 Å². The van der Waals surface area contributed by atoms with Gasteiger partial charge >= 0.3 is 0 Å². The van der Waals surface area contributed by atoms with Crippen LogP contribution in [0.15, 0.2) is 78.4 Å². The van der Waals surface area contributed by atoms with Crippen molar-refractivity contribution in [1.29, 1.82) is 0 Å². The van der Waals surface area contributed by atoms with Crippen molar-refractivity contribution in [3.8, 4) is 5.75 Å². The molecule has 0 saturated carbocycles. The Morgan fingerprint density at radius 1 is 1.06 bits per heavy atom. The highest BCUT2D eigenvalue weighted by atomic mass is 35.5. The summed E-state index contributed by atoms with van der Waals surface area (Å²) in [4.78, 5) is 37.5. The normalized spacial score (nSPS) is 14.4. The number of nitrogens with zero attached hydrogens (tertiary/aromatic N) is 1. The van der Waals surface area contributed by atoms with Gasteiger partial charge in [-0.2, -0.15) is 0 Å². The third-order valence-corrected chi connectivity index (χ3v) is 4.90. The highest BCUT2D eigenvalue weighted by Crippen LogP contribution is 2.28. The Hall–Kier alpha value is -4.17. The maximum Gasteiger partial charge on any atom is 0.282 e. The molecular formula is C24H17ClFN3O4. The number of rotatable bonds is 6. The average Bonchev–Trinajstić information content (AvgIpc) is 3.09. The van der Waals surface area contributed by atoms with Crippen LogP contribution < -0.4 is 20.5 Å². The van der Waals surface area contributed by atoms with Gasteiger partial charge in [0.15, 0.2) is 6.61 Å². The number of para-hydroxylation sites is 1. The van der Waals surface area contributed by atoms with Crippen LogP contribution >= 0.6 is 11.6 Å². The number of carbonyl (C=O) groups is 3. The standard InChI is InChI=1S/C24H17ClFN3O4/c25-16-6-11-21(33-14-22(30)27-18-9-7-17(26)8-10-18)15(12-16)13-20-23(31)28-29(24(20)32)19-4-2-1-3-5-19/h1-13H,14H2,(H,27,30)(H,28,31). The molecule has 0 bridgehead atoms. The molecule has 3 amide bonds. The molecule has 0 unspecified atom stereocenters. The fraction of sp³-hybridized carbons (Fsp3) is 0.0417. The van der Waals surface area contributed by atoms with E-state index in [0.29, 0.717) is 22.0 Å². The van der Waals surface area contributed by atoms with Crippen LogP contribution in [0.25, 0.3) is 6.08 Å². The van der Waals surface area contributed by atoms with Gasteiger partial charge in [0.1, 0.15) is 17.1 Å². The Morgan fingerprint density at radius 2 is 1.79 bits per heavy atom. The highest BCUT2D eigenvalue weighted by molar-refractivity contribution is 6.32. The molecule has 0 aliphatic carbocycles. The monoisotopic (exact) mass is 465 g/mol. The molecule has 7 nitrogen and oxygen atoms in total. The molecule has 33 heavy (non-hydrogen) atoms. The van der Waals surface area contributed by atoms with E-state index in [0.717, 1.165) is 5.01 Å². The van der Waals surface area contributed by atoms with Gasteiger partial charge in [0.25, 0.3) is 17.7 Å². The van der Waals surface area contributed by atoms with Gasteiger partial charge in [-0.15, -0.1) is 0 Å². The first kappa shape index (κ1) is 22.0. The number of hydrogen-bond donors (Lipinski definition) is 2. The van der Waals surface area contributed by atoms with Crippen LogP contribution in [0.5, 0.6) is 5.75 Å². The van der Waals surface area contributed by atoms with E-state index in [4.69, 9.17) is 16.3 Å². The number of halogens is 2. The second kappa shape index (κ2) is 9.54. The molecule has 2 N–H and O–H groups in total. The van der Waals surface area contributed by atoms with E-state index in [2.05, 4.69) is 10.7 Å². The maximum absolute atomic E-state index is 13.0. The van der Waals surface area contributed by atoms with E-state index < -0.39 is 23.5 Å². The van der Waals surface area contributed by atoms with Gasteiger partial charge in [-0.05, 0) is 60.7 Å². The Kier molecular flexibility index (Phi) is 6.37. The summed E-state index contributed by atoms with van der Waals surface area (Å²) in [5.41, 5.74) is 3.69. The number of amides is 3. The summed E-state index contributed by atoms with van der Waals surface area (Å²) in [5.74, 6) is -1.76. The van der Waals surface area contributed by atoms with Gasteiger partial charge in [0.2, 0.25) is 0 Å². The van der Waals surface area contributed by atoms with Crippen molar-refractivity contribution in [1.82, 2.24) is 5.43 Å². The quantitative estimate of drug-likeness (QED) is 0.426. The molecule has 0 aromatic heterocycles. The number of ether oxygens (including phenoxy) is 1. The minimum atomic E-state index is -0.580. The van der Waals surface area contributed by atoms with E-state index in [1.165, 1.54) is 42.5 Å². The predicted octanol–water partition coefficient (Wildman–Crippen LogP) is 3.96. The average molecular weight is 466 g/mol. The molecule has 0 radical (unpaired) electrons. The Labute approximate surface area is 193 Å². The summed E-state index contributed by atoms with van der Waals surface area (Å²) in [6, 6.07) is 18.6. The smallest absolute Gasteiger partial charge is 0.282 e. The van der Waals surface area contributed by atoms with Crippen LogP contribution in [-0.2, 0) is 14.4 Å². The Bertz CT molecular complexity index is 1250. The molecule has 9 heteroatoms. The lowest BCUT2D eigenvalue weighted by Gasteiger charge is -2.14. The molecule has 4 rings (SSSR count). The lowest BCUT2D eigenvalue weighted by molar-refractivity contribution is -0.118. The van der Waals surface area contributed by atoms with Crippen LogP contribution in [0, 0.1) is 5.82 Å². The molecule has 0 atom stereocenters. The van der Waals surface area contributed by atoms with Crippen LogP contribution in [0.2, 0.25) is 5.02 Å². The molecular weight excluding hydrogens is 449 g/mol. The number of benzene rings is 3. The Balaban J connectivity index is 1.51. The summed E-state index contributed by atoms with van der Waals surface area (Å²) in [7, 11) is 0. The van der Waals surface area contributed by atoms with Crippen molar-refractivity contribution < 1.29 is 23.5 Å². The molecule has 1 aliphatic rings. The molecule has 1 fully saturated rings. The number of hydrogen-bond acceptors (Lipinski definition) is 4. The van der Waals surface area contributed by atoms with Gasteiger partial charge in [0.05, 0.1) is 5.69 Å². The van der Waals surface area contributed by atoms with E-state index in [1.54, 1.807) is 36.4 Å². The summed E-state index contributed by atoms with van der Waals surface area (Å²) < 4.78 is 18.6. The fourth-order valence-corrected chi connectivity index (χ4v) is 3.29. The van der Waals surface area contributed by atoms with Gasteiger partial charge in [0, 0.05) is 16.3 Å². The largest absolute Gasteiger partial charge is 0.483 e. The summed E-state index contributed by atoms with van der Waals surface area (Å²) >= 11 is 6.09. The number of carbonyl (C=O) groups excluding carboxylic acids is 3. The van der Waals surface area contributed by atoms with Crippen molar-refractivity contribution in [2.24, 2.45) is 0 Å². The minimum absolute atomic E-state index is 0.110. The predicted molar refractivity (Wildman–Crippen MR) is 122 cm³/mol. The van der Waals surface area contributed by atoms with Crippen LogP contribution in [0.1, 0.15) is 5.56 Å². The van der Waals surface area contributed by atoms with E-state index in [-0.39, 0.29) is 17.9 Å². The van der Waals surface area contributed by atoms with Gasteiger partial charge in [-0.1, -0.05) is 29.8 Å². The van der Waals surface area contributed by atoms with Gasteiger partial charge in [-0.3, -0.25) is 19.8 Å². The molecule has 3 aromatic carbocycles. The second-order valence-corrected chi connectivity index (χ2v) is 7.44. The third-order valence-electron chi connectivity index (χ3n) is 4.66. The van der Waals surface area contributed by atoms with E-state index in [9.17, 15) is 18.8 Å². The van der Waals surface area contributed by atoms with Crippen molar-refractivity contribution in [3.63, 3.8) is 0 Å². The van der Waals surface area contributed by atoms with Crippen molar-refractivity contribution in [2.45, 2.75) is 0 Å². The lowest BCUT2D eigenvalue weighted by atomic mass is 10.1. The lowest BCUT2D eigenvalue weighted by Crippen LogP contribution is -2.35. The molecule has 166 valence electrons. The first-order chi connectivity index (χ1) is 15.9. The minimum Gasteiger partial charge on any atom is -0.483 e. The number of nitrogens with one attached hydrogen (secondary N) is 2. The zero-order valence-corrected chi connectivity index (χ0v) is 17.8. The van der Waals surface area contributed by atoms with Crippen molar-refractivity contribution in [2.75, 3.05) is 16.9 Å². The molecule has 3 aromatic rings. The summed E-state index contributed by atoms with van der Waals surface area (Å²) in [6.45, 7) is -0.356. The third kappa shape index (κ3) is 5.19. The zero-order valence-electron chi connectivity index (χ0n) is 17.0. The van der Waals surface area contributed by atoms with E-state index in [1.807, 2.05) is 0 Å². The SMILES string of the molecule is O=C(COc1ccc(Cl)cc1C=C1C(=O)NN(c2ccccc2)C1=O)Nc1ccc(F)cc1. The fourth-order valence-electron chi connectivity index (χ4n) is 3.11. The molecule has 1 aliphatic heterocycles. The first-order valence-electron chi connectivity index (χ1n) is 9.80. The van der Waals surface area contributed by atoms with Crippen LogP contribution in [-0.4, -0.2) is 24.3 Å². The summed E-state index contributed by atoms with van der Waals surface area (Å²) in [6.07, 6.45) is 1.36. The van der Waals surface area contributed by atoms with Gasteiger partial charge in [-0.25, -0.2) is 9.40 Å². The zero-order chi connectivity index (χ0) is 23.4. The van der Waals surface area contributed by atoms with Crippen LogP contribution in [0.3, 0.4) is 0 Å². The number of anilines is 2.